The third-order valence-corrected chi connectivity index (χ3v) is 3.83. The minimum Gasteiger partial charge on any atom is -0.347 e. The molecule has 0 N–H and O–H groups in total. The number of unbranched alkanes of at least 4 members (excludes halogenated alkanes) is 1. The summed E-state index contributed by atoms with van der Waals surface area (Å²) < 4.78 is 2.24. The van der Waals surface area contributed by atoms with E-state index in [0.717, 1.165) is 19.4 Å². The average molecular weight is 270 g/mol. The van der Waals surface area contributed by atoms with Crippen molar-refractivity contribution in [3.8, 4) is 0 Å². The Hall–Kier alpha value is -2.10. The molecule has 1 amide bonds. The van der Waals surface area contributed by atoms with Crippen molar-refractivity contribution in [2.75, 3.05) is 13.1 Å². The van der Waals surface area contributed by atoms with E-state index in [1.807, 2.05) is 12.1 Å². The van der Waals surface area contributed by atoms with Gasteiger partial charge in [-0.25, -0.2) is 0 Å². The van der Waals surface area contributed by atoms with Crippen LogP contribution in [0.2, 0.25) is 0 Å². The van der Waals surface area contributed by atoms with E-state index >= 15 is 0 Å². The topological polar surface area (TPSA) is 42.3 Å². The number of carbonyl (C=O) groups is 2. The number of hydrogen-bond acceptors (Lipinski definition) is 2. The first-order chi connectivity index (χ1) is 9.74. The van der Waals surface area contributed by atoms with Crippen LogP contribution in [0.15, 0.2) is 36.5 Å². The highest BCUT2D eigenvalue weighted by Crippen LogP contribution is 2.16. The quantitative estimate of drug-likeness (QED) is 0.617. The van der Waals surface area contributed by atoms with Crippen molar-refractivity contribution >= 4 is 22.6 Å². The molecule has 4 nitrogen and oxygen atoms in total. The second-order valence-electron chi connectivity index (χ2n) is 5.31. The second kappa shape index (κ2) is 5.49. The molecular weight excluding hydrogens is 252 g/mol. The molecule has 2 heterocycles. The second-order valence-corrected chi connectivity index (χ2v) is 5.31. The monoisotopic (exact) mass is 270 g/mol. The lowest BCUT2D eigenvalue weighted by atomic mass is 10.2. The molecule has 1 fully saturated rings. The summed E-state index contributed by atoms with van der Waals surface area (Å²) in [7, 11) is 0. The first-order valence-electron chi connectivity index (χ1n) is 7.07. The summed E-state index contributed by atoms with van der Waals surface area (Å²) in [6, 6.07) is 10.5. The minimum atomic E-state index is -0.0126. The highest BCUT2D eigenvalue weighted by molar-refractivity contribution is 6.05. The van der Waals surface area contributed by atoms with E-state index in [2.05, 4.69) is 29.0 Å². The Balaban J connectivity index is 1.51. The summed E-state index contributed by atoms with van der Waals surface area (Å²) in [5, 5.41) is 1.26. The summed E-state index contributed by atoms with van der Waals surface area (Å²) in [5.41, 5.74) is 1.25. The number of benzene rings is 1. The van der Waals surface area contributed by atoms with Crippen LogP contribution in [0, 0.1) is 0 Å². The Labute approximate surface area is 118 Å². The number of nitrogens with zero attached hydrogens (tertiary/aromatic N) is 2. The van der Waals surface area contributed by atoms with Gasteiger partial charge < -0.3 is 9.47 Å². The summed E-state index contributed by atoms with van der Waals surface area (Å²) in [6.07, 6.45) is 4.15. The molecule has 1 aromatic heterocycles. The maximum Gasteiger partial charge on any atom is 0.230 e. The minimum absolute atomic E-state index is 0.0126. The third kappa shape index (κ3) is 2.59. The van der Waals surface area contributed by atoms with E-state index in [-0.39, 0.29) is 18.1 Å². The number of aromatic nitrogens is 1. The van der Waals surface area contributed by atoms with Crippen molar-refractivity contribution in [1.29, 1.82) is 0 Å². The van der Waals surface area contributed by atoms with Gasteiger partial charge in [-0.15, -0.1) is 0 Å². The molecule has 104 valence electrons. The van der Waals surface area contributed by atoms with Gasteiger partial charge in [-0.1, -0.05) is 18.2 Å². The molecule has 0 radical (unpaired) electrons. The van der Waals surface area contributed by atoms with Crippen molar-refractivity contribution < 1.29 is 9.59 Å². The van der Waals surface area contributed by atoms with Gasteiger partial charge in [0.2, 0.25) is 5.91 Å². The third-order valence-electron chi connectivity index (χ3n) is 3.83. The average Bonchev–Trinajstić information content (AvgIpc) is 2.99. The maximum atomic E-state index is 11.5. The molecular formula is C16H18N2O2. The van der Waals surface area contributed by atoms with Crippen molar-refractivity contribution in [2.45, 2.75) is 25.8 Å². The Bertz CT molecular complexity index is 645. The summed E-state index contributed by atoms with van der Waals surface area (Å²) in [5.74, 6) is 0.0350. The Kier molecular flexibility index (Phi) is 3.54. The molecule has 3 rings (SSSR count). The molecule has 2 aromatic rings. The number of hydrogen-bond donors (Lipinski definition) is 0. The molecule has 0 unspecified atom stereocenters. The number of carbonyl (C=O) groups excluding carboxylic acids is 2. The van der Waals surface area contributed by atoms with E-state index in [1.165, 1.54) is 10.9 Å². The van der Waals surface area contributed by atoms with Crippen molar-refractivity contribution in [3.05, 3.63) is 36.5 Å². The highest BCUT2D eigenvalue weighted by atomic mass is 16.2. The number of amides is 1. The van der Waals surface area contributed by atoms with Crippen LogP contribution < -0.4 is 0 Å². The Morgan fingerprint density at radius 2 is 1.80 bits per heavy atom. The summed E-state index contributed by atoms with van der Waals surface area (Å²) in [4.78, 5) is 24.3. The van der Waals surface area contributed by atoms with Gasteiger partial charge in [0.15, 0.2) is 5.78 Å². The van der Waals surface area contributed by atoms with Crippen LogP contribution in [-0.2, 0) is 16.1 Å². The van der Waals surface area contributed by atoms with Gasteiger partial charge in [-0.2, -0.15) is 0 Å². The number of rotatable bonds is 5. The number of ketones is 1. The molecule has 1 aromatic carbocycles. The van der Waals surface area contributed by atoms with Crippen molar-refractivity contribution in [1.82, 2.24) is 9.47 Å². The fourth-order valence-corrected chi connectivity index (χ4v) is 2.76. The first-order valence-corrected chi connectivity index (χ1v) is 7.07. The molecule has 0 atom stereocenters. The molecule has 0 bridgehead atoms. The Morgan fingerprint density at radius 1 is 1.00 bits per heavy atom. The smallest absolute Gasteiger partial charge is 0.230 e. The van der Waals surface area contributed by atoms with Crippen LogP contribution in [-0.4, -0.2) is 34.2 Å². The van der Waals surface area contributed by atoms with Crippen molar-refractivity contribution in [2.24, 2.45) is 0 Å². The number of Topliss-reactive ketones (excluding diaryl/α,β-unsaturated/α-hetero) is 1. The van der Waals surface area contributed by atoms with E-state index in [9.17, 15) is 9.59 Å². The number of likely N-dealkylation sites (tertiary alicyclic amines) is 1. The zero-order valence-corrected chi connectivity index (χ0v) is 11.4. The maximum absolute atomic E-state index is 11.5. The lowest BCUT2D eigenvalue weighted by Gasteiger charge is -2.14. The van der Waals surface area contributed by atoms with E-state index < -0.39 is 0 Å². The SMILES string of the molecule is O=C1CC(=O)N(CCCCn2ccc3ccccc32)C1. The molecule has 1 aliphatic heterocycles. The summed E-state index contributed by atoms with van der Waals surface area (Å²) in [6.45, 7) is 1.96. The largest absolute Gasteiger partial charge is 0.347 e. The molecule has 0 saturated carbocycles. The Morgan fingerprint density at radius 3 is 2.60 bits per heavy atom. The van der Waals surface area contributed by atoms with Gasteiger partial charge in [0.25, 0.3) is 0 Å². The van der Waals surface area contributed by atoms with Crippen LogP contribution in [0.4, 0.5) is 0 Å². The van der Waals surface area contributed by atoms with Crippen LogP contribution in [0.25, 0.3) is 10.9 Å². The standard InChI is InChI=1S/C16H18N2O2/c19-14-11-16(20)18(12-14)9-4-3-8-17-10-7-13-5-1-2-6-15(13)17/h1-2,5-7,10H,3-4,8-9,11-12H2. The highest BCUT2D eigenvalue weighted by Gasteiger charge is 2.26. The zero-order chi connectivity index (χ0) is 13.9. The van der Waals surface area contributed by atoms with Gasteiger partial charge in [0, 0.05) is 24.8 Å². The molecule has 4 heteroatoms. The number of para-hydroxylation sites is 1. The predicted octanol–water partition coefficient (Wildman–Crippen LogP) is 2.22. The number of fused-ring (bicyclic) bond motifs is 1. The van der Waals surface area contributed by atoms with Gasteiger partial charge >= 0.3 is 0 Å². The lowest BCUT2D eigenvalue weighted by molar-refractivity contribution is -0.127. The molecule has 0 spiro atoms. The predicted molar refractivity (Wildman–Crippen MR) is 77.4 cm³/mol. The molecule has 1 aliphatic rings. The molecule has 1 saturated heterocycles. The summed E-state index contributed by atoms with van der Waals surface area (Å²) >= 11 is 0. The lowest BCUT2D eigenvalue weighted by Crippen LogP contribution is -2.26. The van der Waals surface area contributed by atoms with Gasteiger partial charge in [-0.3, -0.25) is 9.59 Å². The van der Waals surface area contributed by atoms with E-state index in [0.29, 0.717) is 13.1 Å². The number of aryl methyl sites for hydroxylation is 1. The van der Waals surface area contributed by atoms with Crippen LogP contribution in [0.1, 0.15) is 19.3 Å². The van der Waals surface area contributed by atoms with Gasteiger partial charge in [-0.05, 0) is 30.4 Å². The first kappa shape index (κ1) is 12.9. The van der Waals surface area contributed by atoms with E-state index in [4.69, 9.17) is 0 Å². The van der Waals surface area contributed by atoms with Crippen LogP contribution in [0.3, 0.4) is 0 Å². The van der Waals surface area contributed by atoms with E-state index in [1.54, 1.807) is 4.90 Å². The van der Waals surface area contributed by atoms with Crippen LogP contribution >= 0.6 is 0 Å². The molecule has 0 aliphatic carbocycles. The molecule has 20 heavy (non-hydrogen) atoms. The van der Waals surface area contributed by atoms with Gasteiger partial charge in [0.05, 0.1) is 13.0 Å². The van der Waals surface area contributed by atoms with Crippen LogP contribution in [0.5, 0.6) is 0 Å². The van der Waals surface area contributed by atoms with Gasteiger partial charge in [0.1, 0.15) is 0 Å². The van der Waals surface area contributed by atoms with Crippen molar-refractivity contribution in [3.63, 3.8) is 0 Å². The zero-order valence-electron chi connectivity index (χ0n) is 11.4. The normalized spacial score (nSPS) is 15.5. The fourth-order valence-electron chi connectivity index (χ4n) is 2.76. The fraction of sp³-hybridized carbons (Fsp3) is 0.375.